The summed E-state index contributed by atoms with van der Waals surface area (Å²) in [6.45, 7) is 0. The van der Waals surface area contributed by atoms with Crippen molar-refractivity contribution in [3.05, 3.63) is 114 Å². The van der Waals surface area contributed by atoms with Gasteiger partial charge in [0.1, 0.15) is 16.7 Å². The van der Waals surface area contributed by atoms with E-state index in [0.717, 1.165) is 12.3 Å². The molecule has 1 unspecified atom stereocenters. The number of aromatic nitrogens is 6. The van der Waals surface area contributed by atoms with Crippen LogP contribution >= 0.6 is 0 Å². The van der Waals surface area contributed by atoms with Crippen molar-refractivity contribution < 1.29 is 17.6 Å². The number of imidazole rings is 1. The Balaban J connectivity index is 1.25. The molecule has 0 saturated heterocycles. The van der Waals surface area contributed by atoms with Gasteiger partial charge in [0.25, 0.3) is 5.91 Å². The van der Waals surface area contributed by atoms with Crippen LogP contribution in [0.2, 0.25) is 0 Å². The summed E-state index contributed by atoms with van der Waals surface area (Å²) in [5.41, 5.74) is 12.2. The average Bonchev–Trinajstić information content (AvgIpc) is 3.68. The predicted molar refractivity (Wildman–Crippen MR) is 174 cm³/mol. The largest absolute Gasteiger partial charge is 0.336 e. The number of benzene rings is 3. The van der Waals surface area contributed by atoms with Gasteiger partial charge in [-0.25, -0.2) is 22.8 Å². The lowest BCUT2D eigenvalue weighted by atomic mass is 10.0. The summed E-state index contributed by atoms with van der Waals surface area (Å²) in [7, 11) is -3.66. The first kappa shape index (κ1) is 29.0. The van der Waals surface area contributed by atoms with Gasteiger partial charge in [-0.1, -0.05) is 30.3 Å². The molecule has 3 aromatic carbocycles. The number of sulfone groups is 1. The SMILES string of the molecule is CS(=O)(=O)C(N)c1cc(F)cc(-c2cccc3[nH]c(-c4n[nH]c5ccc(-c6cncc(NC(=O)c7ccccc7)c6)nc45)nc23)c1. The normalized spacial score (nSPS) is 12.4. The van der Waals surface area contributed by atoms with Gasteiger partial charge in [0.15, 0.2) is 21.4 Å². The van der Waals surface area contributed by atoms with E-state index in [-0.39, 0.29) is 11.5 Å². The number of fused-ring (bicyclic) bond motifs is 2. The predicted octanol–water partition coefficient (Wildman–Crippen LogP) is 5.62. The van der Waals surface area contributed by atoms with Crippen molar-refractivity contribution >= 4 is 43.5 Å². The van der Waals surface area contributed by atoms with Crippen LogP contribution in [0.4, 0.5) is 10.1 Å². The molecule has 0 saturated carbocycles. The summed E-state index contributed by atoms with van der Waals surface area (Å²) in [5, 5.41) is 8.95. The number of hydrogen-bond donors (Lipinski definition) is 4. The zero-order valence-electron chi connectivity index (χ0n) is 24.2. The summed E-state index contributed by atoms with van der Waals surface area (Å²) < 4.78 is 38.8. The highest BCUT2D eigenvalue weighted by Gasteiger charge is 2.21. The molecule has 7 rings (SSSR count). The second-order valence-corrected chi connectivity index (χ2v) is 12.9. The maximum atomic E-state index is 14.7. The molecule has 0 aliphatic heterocycles. The lowest BCUT2D eigenvalue weighted by Gasteiger charge is -2.12. The number of H-pyrrole nitrogens is 2. The van der Waals surface area contributed by atoms with Crippen molar-refractivity contribution in [3.8, 4) is 33.9 Å². The molecule has 1 atom stereocenters. The fourth-order valence-electron chi connectivity index (χ4n) is 5.22. The molecule has 0 radical (unpaired) electrons. The summed E-state index contributed by atoms with van der Waals surface area (Å²) >= 11 is 0. The number of pyridine rings is 2. The smallest absolute Gasteiger partial charge is 0.255 e. The number of para-hydroxylation sites is 1. The number of rotatable bonds is 7. The van der Waals surface area contributed by atoms with E-state index in [2.05, 4.69) is 25.5 Å². The standard InChI is InChI=1S/C33H25FN8O3S/c1-46(44,45)31(35)20-12-19(13-22(34)14-20)24-8-5-9-26-28(24)40-32(39-26)30-29-27(41-42-30)11-10-25(38-29)21-15-23(17-36-16-21)37-33(43)18-6-3-2-4-7-18/h2-17,31H,35H2,1H3,(H,37,43)(H,39,40)(H,41,42). The number of amides is 1. The van der Waals surface area contributed by atoms with Gasteiger partial charge in [0, 0.05) is 29.1 Å². The number of hydrogen-bond acceptors (Lipinski definition) is 8. The van der Waals surface area contributed by atoms with Gasteiger partial charge in [-0.2, -0.15) is 5.10 Å². The molecule has 7 aromatic rings. The van der Waals surface area contributed by atoms with Gasteiger partial charge in [-0.15, -0.1) is 0 Å². The van der Waals surface area contributed by atoms with Crippen molar-refractivity contribution in [2.75, 3.05) is 11.6 Å². The number of nitrogens with one attached hydrogen (secondary N) is 3. The fourth-order valence-corrected chi connectivity index (χ4v) is 5.85. The monoisotopic (exact) mass is 632 g/mol. The molecule has 4 heterocycles. The van der Waals surface area contributed by atoms with Gasteiger partial charge in [-0.3, -0.25) is 14.9 Å². The van der Waals surface area contributed by atoms with Crippen LogP contribution in [0.25, 0.3) is 56.0 Å². The number of nitrogens with two attached hydrogens (primary N) is 1. The second-order valence-electron chi connectivity index (χ2n) is 10.8. The first-order valence-corrected chi connectivity index (χ1v) is 16.0. The lowest BCUT2D eigenvalue weighted by molar-refractivity contribution is 0.102. The highest BCUT2D eigenvalue weighted by molar-refractivity contribution is 7.90. The maximum absolute atomic E-state index is 14.7. The minimum Gasteiger partial charge on any atom is -0.336 e. The molecule has 0 aliphatic rings. The van der Waals surface area contributed by atoms with Crippen molar-refractivity contribution in [1.82, 2.24) is 30.1 Å². The van der Waals surface area contributed by atoms with Crippen LogP contribution < -0.4 is 11.1 Å². The summed E-state index contributed by atoms with van der Waals surface area (Å²) in [6, 6.07) is 23.7. The van der Waals surface area contributed by atoms with Gasteiger partial charge >= 0.3 is 0 Å². The minimum absolute atomic E-state index is 0.137. The van der Waals surface area contributed by atoms with Gasteiger partial charge in [0.2, 0.25) is 0 Å². The molecule has 13 heteroatoms. The molecule has 228 valence electrons. The topological polar surface area (TPSA) is 172 Å². The van der Waals surface area contributed by atoms with Crippen LogP contribution in [-0.4, -0.2) is 50.7 Å². The van der Waals surface area contributed by atoms with E-state index in [9.17, 15) is 17.6 Å². The van der Waals surface area contributed by atoms with Gasteiger partial charge in [-0.05, 0) is 65.7 Å². The number of aromatic amines is 2. The molecule has 0 fully saturated rings. The Labute approximate surface area is 261 Å². The third-order valence-electron chi connectivity index (χ3n) is 7.49. The van der Waals surface area contributed by atoms with Crippen molar-refractivity contribution in [1.29, 1.82) is 0 Å². The minimum atomic E-state index is -3.66. The Bertz CT molecular complexity index is 2390. The van der Waals surface area contributed by atoms with E-state index >= 15 is 0 Å². The molecule has 46 heavy (non-hydrogen) atoms. The molecule has 0 spiro atoms. The van der Waals surface area contributed by atoms with E-state index < -0.39 is 21.0 Å². The Kier molecular flexibility index (Phi) is 7.11. The molecule has 1 amide bonds. The number of anilines is 1. The molecule has 11 nitrogen and oxygen atoms in total. The van der Waals surface area contributed by atoms with Crippen LogP contribution in [-0.2, 0) is 9.84 Å². The van der Waals surface area contributed by atoms with Crippen molar-refractivity contribution in [3.63, 3.8) is 0 Å². The molecular formula is C33H25FN8O3S. The average molecular weight is 633 g/mol. The third-order valence-corrected chi connectivity index (χ3v) is 8.69. The van der Waals surface area contributed by atoms with Crippen LogP contribution in [0.15, 0.2) is 97.3 Å². The highest BCUT2D eigenvalue weighted by Crippen LogP contribution is 2.34. The van der Waals surface area contributed by atoms with Crippen molar-refractivity contribution in [2.45, 2.75) is 5.37 Å². The van der Waals surface area contributed by atoms with Crippen LogP contribution in [0.3, 0.4) is 0 Å². The molecular weight excluding hydrogens is 607 g/mol. The zero-order valence-corrected chi connectivity index (χ0v) is 25.0. The van der Waals surface area contributed by atoms with Crippen molar-refractivity contribution in [2.24, 2.45) is 5.73 Å². The fraction of sp³-hybridized carbons (Fsp3) is 0.0606. The summed E-state index contributed by atoms with van der Waals surface area (Å²) in [6.07, 6.45) is 4.23. The van der Waals surface area contributed by atoms with Crippen LogP contribution in [0, 0.1) is 5.82 Å². The first-order valence-electron chi connectivity index (χ1n) is 14.1. The molecule has 0 bridgehead atoms. The molecule has 5 N–H and O–H groups in total. The second kappa shape index (κ2) is 11.3. The number of carbonyl (C=O) groups excluding carboxylic acids is 1. The van der Waals surface area contributed by atoms with Crippen LogP contribution in [0.5, 0.6) is 0 Å². The Morgan fingerprint density at radius 1 is 0.891 bits per heavy atom. The first-order chi connectivity index (χ1) is 22.1. The van der Waals surface area contributed by atoms with E-state index in [4.69, 9.17) is 15.7 Å². The number of halogens is 1. The Morgan fingerprint density at radius 3 is 2.52 bits per heavy atom. The third kappa shape index (κ3) is 5.49. The maximum Gasteiger partial charge on any atom is 0.255 e. The highest BCUT2D eigenvalue weighted by atomic mass is 32.2. The zero-order chi connectivity index (χ0) is 32.0. The Hall–Kier alpha value is -5.79. The van der Waals surface area contributed by atoms with Crippen LogP contribution in [0.1, 0.15) is 21.3 Å². The van der Waals surface area contributed by atoms with Gasteiger partial charge < -0.3 is 16.0 Å². The number of nitrogens with zero attached hydrogens (tertiary/aromatic N) is 4. The van der Waals surface area contributed by atoms with E-state index in [0.29, 0.717) is 67.2 Å². The van der Waals surface area contributed by atoms with E-state index in [1.165, 1.54) is 6.07 Å². The molecule has 4 aromatic heterocycles. The van der Waals surface area contributed by atoms with E-state index in [1.54, 1.807) is 60.9 Å². The summed E-state index contributed by atoms with van der Waals surface area (Å²) in [4.78, 5) is 29.9. The molecule has 0 aliphatic carbocycles. The lowest BCUT2D eigenvalue weighted by Crippen LogP contribution is -2.20. The number of carbonyl (C=O) groups is 1. The van der Waals surface area contributed by atoms with E-state index in [1.807, 2.05) is 24.3 Å². The Morgan fingerprint density at radius 2 is 1.72 bits per heavy atom. The van der Waals surface area contributed by atoms with Gasteiger partial charge in [0.05, 0.1) is 34.1 Å². The summed E-state index contributed by atoms with van der Waals surface area (Å²) in [5.74, 6) is -0.450. The quantitative estimate of drug-likeness (QED) is 0.175.